The van der Waals surface area contributed by atoms with Gasteiger partial charge in [0.25, 0.3) is 0 Å². The summed E-state index contributed by atoms with van der Waals surface area (Å²) < 4.78 is 11.7. The van der Waals surface area contributed by atoms with E-state index in [2.05, 4.69) is 5.32 Å². The molecule has 1 aliphatic heterocycles. The van der Waals surface area contributed by atoms with Crippen LogP contribution >= 0.6 is 0 Å². The Kier molecular flexibility index (Phi) is 4.74. The number of nitrogens with one attached hydrogen (secondary N) is 1. The number of ether oxygens (including phenoxy) is 2. The van der Waals surface area contributed by atoms with E-state index in [1.807, 2.05) is 74.5 Å². The lowest BCUT2D eigenvalue weighted by Gasteiger charge is -2.37. The Balaban J connectivity index is 1.94. The van der Waals surface area contributed by atoms with Gasteiger partial charge in [-0.05, 0) is 25.0 Å². The highest BCUT2D eigenvalue weighted by Gasteiger charge is 2.39. The standard InChI is InChI=1S/C19H21NO3/c1-13(2)22-19-20-18(21)16(14-9-5-3-6-10-14)17(23-19)15-11-7-4-8-12-15/h3-13,16-17,19H,1-2H3,(H,20,21)/t16-,17+,19+/m1/s1. The normalized spacial score (nSPS) is 24.5. The van der Waals surface area contributed by atoms with Crippen LogP contribution in [0.1, 0.15) is 37.0 Å². The number of carbonyl (C=O) groups is 1. The molecule has 4 heteroatoms. The van der Waals surface area contributed by atoms with Gasteiger partial charge in [-0.3, -0.25) is 4.79 Å². The van der Waals surface area contributed by atoms with Crippen molar-refractivity contribution >= 4 is 5.91 Å². The molecule has 1 heterocycles. The summed E-state index contributed by atoms with van der Waals surface area (Å²) in [5.41, 5.74) is 1.90. The molecular formula is C19H21NO3. The molecule has 1 fully saturated rings. The van der Waals surface area contributed by atoms with Gasteiger partial charge in [-0.25, -0.2) is 0 Å². The minimum absolute atomic E-state index is 0.0370. The molecule has 2 aromatic rings. The minimum atomic E-state index is -0.729. The molecule has 0 spiro atoms. The summed E-state index contributed by atoms with van der Waals surface area (Å²) in [6.07, 6.45) is -1.14. The number of carbonyl (C=O) groups excluding carboxylic acids is 1. The fourth-order valence-corrected chi connectivity index (χ4v) is 2.80. The van der Waals surface area contributed by atoms with Crippen LogP contribution in [0.3, 0.4) is 0 Å². The van der Waals surface area contributed by atoms with Gasteiger partial charge < -0.3 is 14.8 Å². The Morgan fingerprint density at radius 2 is 1.52 bits per heavy atom. The second-order valence-electron chi connectivity index (χ2n) is 5.88. The predicted molar refractivity (Wildman–Crippen MR) is 87.6 cm³/mol. The molecule has 120 valence electrons. The maximum Gasteiger partial charge on any atom is 0.240 e. The highest BCUT2D eigenvalue weighted by molar-refractivity contribution is 5.85. The largest absolute Gasteiger partial charge is 0.333 e. The van der Waals surface area contributed by atoms with Crippen LogP contribution in [-0.2, 0) is 14.3 Å². The van der Waals surface area contributed by atoms with Gasteiger partial charge in [0.2, 0.25) is 12.3 Å². The van der Waals surface area contributed by atoms with Crippen LogP contribution < -0.4 is 5.32 Å². The van der Waals surface area contributed by atoms with Crippen LogP contribution in [0.25, 0.3) is 0 Å². The molecule has 0 bridgehead atoms. The van der Waals surface area contributed by atoms with Gasteiger partial charge in [-0.1, -0.05) is 60.7 Å². The quantitative estimate of drug-likeness (QED) is 0.942. The van der Waals surface area contributed by atoms with E-state index in [-0.39, 0.29) is 18.1 Å². The number of benzene rings is 2. The molecule has 0 unspecified atom stereocenters. The topological polar surface area (TPSA) is 47.6 Å². The summed E-state index contributed by atoms with van der Waals surface area (Å²) in [6.45, 7) is 3.83. The maximum atomic E-state index is 12.7. The Morgan fingerprint density at radius 1 is 0.957 bits per heavy atom. The number of hydrogen-bond acceptors (Lipinski definition) is 3. The zero-order valence-electron chi connectivity index (χ0n) is 13.3. The summed E-state index contributed by atoms with van der Waals surface area (Å²) in [5, 5.41) is 2.81. The number of amides is 1. The molecule has 1 N–H and O–H groups in total. The summed E-state index contributed by atoms with van der Waals surface area (Å²) in [5.74, 6) is -0.479. The van der Waals surface area contributed by atoms with Crippen molar-refractivity contribution in [2.75, 3.05) is 0 Å². The van der Waals surface area contributed by atoms with E-state index < -0.39 is 12.3 Å². The first-order valence-corrected chi connectivity index (χ1v) is 7.86. The third-order valence-electron chi connectivity index (χ3n) is 3.80. The number of rotatable bonds is 4. The molecular weight excluding hydrogens is 290 g/mol. The zero-order chi connectivity index (χ0) is 16.2. The van der Waals surface area contributed by atoms with Crippen molar-refractivity contribution < 1.29 is 14.3 Å². The molecule has 1 amide bonds. The van der Waals surface area contributed by atoms with Gasteiger partial charge in [0.05, 0.1) is 12.0 Å². The third-order valence-corrected chi connectivity index (χ3v) is 3.80. The van der Waals surface area contributed by atoms with Crippen LogP contribution in [0.4, 0.5) is 0 Å². The van der Waals surface area contributed by atoms with Crippen molar-refractivity contribution in [3.8, 4) is 0 Å². The van der Waals surface area contributed by atoms with Crippen molar-refractivity contribution in [3.05, 3.63) is 71.8 Å². The van der Waals surface area contributed by atoms with Crippen molar-refractivity contribution in [2.24, 2.45) is 0 Å². The lowest BCUT2D eigenvalue weighted by atomic mass is 9.87. The smallest absolute Gasteiger partial charge is 0.240 e. The Morgan fingerprint density at radius 3 is 2.09 bits per heavy atom. The molecule has 2 aromatic carbocycles. The Hall–Kier alpha value is -2.17. The Labute approximate surface area is 136 Å². The maximum absolute atomic E-state index is 12.7. The van der Waals surface area contributed by atoms with E-state index in [4.69, 9.17) is 9.47 Å². The molecule has 0 aliphatic carbocycles. The fraction of sp³-hybridized carbons (Fsp3) is 0.316. The van der Waals surface area contributed by atoms with Gasteiger partial charge >= 0.3 is 0 Å². The Bertz CT molecular complexity index is 642. The van der Waals surface area contributed by atoms with Gasteiger partial charge in [-0.15, -0.1) is 0 Å². The molecule has 1 saturated heterocycles. The molecule has 0 aromatic heterocycles. The molecule has 3 atom stereocenters. The molecule has 0 saturated carbocycles. The van der Waals surface area contributed by atoms with Crippen LogP contribution in [-0.4, -0.2) is 18.4 Å². The van der Waals surface area contributed by atoms with E-state index >= 15 is 0 Å². The van der Waals surface area contributed by atoms with Crippen LogP contribution in [0, 0.1) is 0 Å². The van der Waals surface area contributed by atoms with Crippen molar-refractivity contribution in [2.45, 2.75) is 38.4 Å². The van der Waals surface area contributed by atoms with Gasteiger partial charge in [0.1, 0.15) is 6.10 Å². The van der Waals surface area contributed by atoms with Crippen molar-refractivity contribution in [3.63, 3.8) is 0 Å². The second-order valence-corrected chi connectivity index (χ2v) is 5.88. The average molecular weight is 311 g/mol. The predicted octanol–water partition coefficient (Wildman–Crippen LogP) is 3.37. The zero-order valence-corrected chi connectivity index (χ0v) is 13.3. The number of hydrogen-bond donors (Lipinski definition) is 1. The second kappa shape index (κ2) is 6.94. The van der Waals surface area contributed by atoms with E-state index in [0.717, 1.165) is 11.1 Å². The molecule has 23 heavy (non-hydrogen) atoms. The fourth-order valence-electron chi connectivity index (χ4n) is 2.80. The lowest BCUT2D eigenvalue weighted by Crippen LogP contribution is -2.50. The highest BCUT2D eigenvalue weighted by atomic mass is 16.7. The lowest BCUT2D eigenvalue weighted by molar-refractivity contribution is -0.227. The van der Waals surface area contributed by atoms with Crippen LogP contribution in [0.5, 0.6) is 0 Å². The van der Waals surface area contributed by atoms with Gasteiger partial charge in [0.15, 0.2) is 0 Å². The molecule has 4 nitrogen and oxygen atoms in total. The van der Waals surface area contributed by atoms with E-state index in [1.165, 1.54) is 0 Å². The minimum Gasteiger partial charge on any atom is -0.333 e. The van der Waals surface area contributed by atoms with Crippen molar-refractivity contribution in [1.82, 2.24) is 5.32 Å². The highest BCUT2D eigenvalue weighted by Crippen LogP contribution is 2.38. The SMILES string of the molecule is CC(C)O[C@@H]1NC(=O)[C@H](c2ccccc2)[C@H](c2ccccc2)O1. The van der Waals surface area contributed by atoms with Crippen LogP contribution in [0.15, 0.2) is 60.7 Å². The molecule has 0 radical (unpaired) electrons. The summed E-state index contributed by atoms with van der Waals surface area (Å²) in [6, 6.07) is 19.5. The van der Waals surface area contributed by atoms with Crippen molar-refractivity contribution in [1.29, 1.82) is 0 Å². The first-order chi connectivity index (χ1) is 11.1. The average Bonchev–Trinajstić information content (AvgIpc) is 2.55. The summed E-state index contributed by atoms with van der Waals surface area (Å²) in [7, 11) is 0. The first kappa shape index (κ1) is 15.7. The van der Waals surface area contributed by atoms with E-state index in [9.17, 15) is 4.79 Å². The molecule has 1 aliphatic rings. The monoisotopic (exact) mass is 311 g/mol. The van der Waals surface area contributed by atoms with E-state index in [0.29, 0.717) is 0 Å². The van der Waals surface area contributed by atoms with Gasteiger partial charge in [0, 0.05) is 0 Å². The molecule has 3 rings (SSSR count). The van der Waals surface area contributed by atoms with Crippen LogP contribution in [0.2, 0.25) is 0 Å². The summed E-state index contributed by atoms with van der Waals surface area (Å²) in [4.78, 5) is 12.7. The third kappa shape index (κ3) is 3.60. The van der Waals surface area contributed by atoms with Gasteiger partial charge in [-0.2, -0.15) is 0 Å². The summed E-state index contributed by atoms with van der Waals surface area (Å²) >= 11 is 0. The first-order valence-electron chi connectivity index (χ1n) is 7.86. The van der Waals surface area contributed by atoms with E-state index in [1.54, 1.807) is 0 Å².